The highest BCUT2D eigenvalue weighted by Gasteiger charge is 2.61. The monoisotopic (exact) mass is 880 g/mol. The van der Waals surface area contributed by atoms with Gasteiger partial charge in [0.15, 0.2) is 5.78 Å². The van der Waals surface area contributed by atoms with Crippen molar-refractivity contribution in [3.63, 3.8) is 0 Å². The summed E-state index contributed by atoms with van der Waals surface area (Å²) in [6.45, 7) is 16.1. The van der Waals surface area contributed by atoms with Crippen LogP contribution in [-0.2, 0) is 30.8 Å². The van der Waals surface area contributed by atoms with Crippen LogP contribution in [0, 0.1) is 31.1 Å². The number of carbonyl (C=O) groups excluding carboxylic acids is 3. The van der Waals surface area contributed by atoms with E-state index in [1.807, 2.05) is 55.6 Å². The number of benzene rings is 2. The van der Waals surface area contributed by atoms with Gasteiger partial charge in [-0.2, -0.15) is 0 Å². The van der Waals surface area contributed by atoms with Crippen LogP contribution in [0.2, 0.25) is 0 Å². The Kier molecular flexibility index (Phi) is 13.7. The second-order valence-electron chi connectivity index (χ2n) is 17.8. The summed E-state index contributed by atoms with van der Waals surface area (Å²) >= 11 is 1.51. The summed E-state index contributed by atoms with van der Waals surface area (Å²) in [5.41, 5.74) is 4.07. The molecular formula is C49H60N4O7S2. The van der Waals surface area contributed by atoms with Crippen LogP contribution in [0.4, 0.5) is 0 Å². The third-order valence-corrected chi connectivity index (χ3v) is 15.6. The molecular weight excluding hydrogens is 821 g/mol. The molecule has 13 heteroatoms. The van der Waals surface area contributed by atoms with Crippen LogP contribution >= 0.6 is 11.3 Å². The lowest BCUT2D eigenvalue weighted by atomic mass is 9.89. The average molecular weight is 881 g/mol. The van der Waals surface area contributed by atoms with Crippen molar-refractivity contribution in [3.05, 3.63) is 95.5 Å². The van der Waals surface area contributed by atoms with Gasteiger partial charge in [0.2, 0.25) is 21.8 Å². The molecule has 330 valence electrons. The number of hydrogen-bond acceptors (Lipinski definition) is 10. The van der Waals surface area contributed by atoms with Gasteiger partial charge < -0.3 is 14.4 Å². The molecule has 2 amide bonds. The first-order chi connectivity index (χ1) is 29.7. The van der Waals surface area contributed by atoms with E-state index in [1.165, 1.54) is 11.3 Å². The van der Waals surface area contributed by atoms with Gasteiger partial charge in [-0.3, -0.25) is 19.1 Å². The maximum absolute atomic E-state index is 15.1. The molecule has 2 aromatic carbocycles. The molecule has 0 radical (unpaired) electrons. The number of ether oxygens (including phenoxy) is 2. The van der Waals surface area contributed by atoms with E-state index in [9.17, 15) is 18.0 Å². The molecule has 5 atom stereocenters. The second-order valence-corrected chi connectivity index (χ2v) is 20.7. The minimum atomic E-state index is -3.85. The number of pyridine rings is 1. The van der Waals surface area contributed by atoms with Gasteiger partial charge in [-0.05, 0) is 88.3 Å². The highest BCUT2D eigenvalue weighted by atomic mass is 32.2. The van der Waals surface area contributed by atoms with Crippen LogP contribution in [0.15, 0.2) is 73.2 Å². The number of unbranched alkanes of at least 4 members (excludes halogenated alkanes) is 3. The van der Waals surface area contributed by atoms with Gasteiger partial charge in [0, 0.05) is 41.2 Å². The number of likely N-dealkylation sites (tertiary alicyclic amines) is 1. The first-order valence-electron chi connectivity index (χ1n) is 22.0. The molecule has 3 aliphatic rings. The molecule has 0 unspecified atom stereocenters. The van der Waals surface area contributed by atoms with Crippen molar-refractivity contribution in [2.75, 3.05) is 13.7 Å². The molecule has 0 spiro atoms. The topological polar surface area (TPSA) is 145 Å². The highest BCUT2D eigenvalue weighted by molar-refractivity contribution is 7.90. The quantitative estimate of drug-likeness (QED) is 0.0640. The Balaban J connectivity index is 1.23. The molecule has 3 heterocycles. The number of sulfonamides is 1. The number of fused-ring (bicyclic) bond motifs is 1. The first-order valence-corrected chi connectivity index (χ1v) is 24.4. The van der Waals surface area contributed by atoms with Gasteiger partial charge in [-0.1, -0.05) is 68.7 Å². The molecule has 4 aromatic rings. The Bertz CT molecular complexity index is 2440. The summed E-state index contributed by atoms with van der Waals surface area (Å²) in [6, 6.07) is 13.0. The smallest absolute Gasteiger partial charge is 0.240 e. The van der Waals surface area contributed by atoms with Gasteiger partial charge >= 0.3 is 0 Å². The predicted molar refractivity (Wildman–Crippen MR) is 245 cm³/mol. The van der Waals surface area contributed by atoms with Crippen molar-refractivity contribution >= 4 is 49.9 Å². The fourth-order valence-electron chi connectivity index (χ4n) is 8.81. The lowest BCUT2D eigenvalue weighted by molar-refractivity contribution is -0.142. The number of methoxy groups -OCH3 is 1. The summed E-state index contributed by atoms with van der Waals surface area (Å²) in [5, 5.41) is 2.96. The minimum Gasteiger partial charge on any atom is -0.496 e. The molecule has 1 N–H and O–H groups in total. The Labute approximate surface area is 370 Å². The largest absolute Gasteiger partial charge is 0.496 e. The van der Waals surface area contributed by atoms with Gasteiger partial charge in [0.1, 0.15) is 28.3 Å². The molecule has 0 bridgehead atoms. The van der Waals surface area contributed by atoms with Crippen molar-refractivity contribution < 1.29 is 32.3 Å². The van der Waals surface area contributed by atoms with E-state index in [2.05, 4.69) is 43.9 Å². The van der Waals surface area contributed by atoms with Crippen LogP contribution in [0.1, 0.15) is 106 Å². The van der Waals surface area contributed by atoms with E-state index < -0.39 is 44.7 Å². The number of aromatic nitrogens is 2. The maximum Gasteiger partial charge on any atom is 0.240 e. The number of carbonyl (C=O) groups is 3. The van der Waals surface area contributed by atoms with E-state index in [4.69, 9.17) is 19.4 Å². The zero-order chi connectivity index (χ0) is 44.3. The van der Waals surface area contributed by atoms with Crippen molar-refractivity contribution in [3.8, 4) is 22.2 Å². The zero-order valence-corrected chi connectivity index (χ0v) is 38.3. The number of thiazole rings is 1. The zero-order valence-electron chi connectivity index (χ0n) is 36.7. The molecule has 2 aromatic heterocycles. The van der Waals surface area contributed by atoms with Gasteiger partial charge in [-0.25, -0.2) is 18.4 Å². The third kappa shape index (κ3) is 9.84. The normalized spacial score (nSPS) is 21.5. The van der Waals surface area contributed by atoms with Crippen LogP contribution in [0.25, 0.3) is 21.6 Å². The van der Waals surface area contributed by atoms with Crippen molar-refractivity contribution in [2.45, 2.75) is 122 Å². The Hall–Kier alpha value is -4.88. The Morgan fingerprint density at radius 3 is 2.44 bits per heavy atom. The van der Waals surface area contributed by atoms with Gasteiger partial charge in [0.25, 0.3) is 0 Å². The van der Waals surface area contributed by atoms with E-state index in [0.717, 1.165) is 58.5 Å². The Morgan fingerprint density at radius 1 is 1.03 bits per heavy atom. The van der Waals surface area contributed by atoms with Crippen molar-refractivity contribution in [1.82, 2.24) is 19.6 Å². The van der Waals surface area contributed by atoms with E-state index in [1.54, 1.807) is 18.1 Å². The van der Waals surface area contributed by atoms with E-state index in [0.29, 0.717) is 54.8 Å². The summed E-state index contributed by atoms with van der Waals surface area (Å²) in [7, 11) is -2.22. The van der Waals surface area contributed by atoms with Crippen LogP contribution < -0.4 is 14.2 Å². The number of rotatable bonds is 21. The SMILES string of the molecule is C=CCCCCC[C@H](Cc1ccc(C)cc1)C(=O)N1C[C@H](Oc2cc(-c3nc(C(C)C)cs3)nc3c(C)c(OC)ccc23)C[C@H]1C(=O)C[C@]1(C(=O)NS(=O)(=O)C2CC2)C[C@H]1C=C. The van der Waals surface area contributed by atoms with Crippen molar-refractivity contribution in [1.29, 1.82) is 0 Å². The van der Waals surface area contributed by atoms with E-state index in [-0.39, 0.29) is 42.9 Å². The summed E-state index contributed by atoms with van der Waals surface area (Å²) in [5.74, 6) is -0.394. The molecule has 7 rings (SSSR count). The molecule has 1 aliphatic heterocycles. The summed E-state index contributed by atoms with van der Waals surface area (Å²) < 4.78 is 40.8. The number of amides is 2. The molecule has 3 fully saturated rings. The molecule has 62 heavy (non-hydrogen) atoms. The average Bonchev–Trinajstić information content (AvgIpc) is 4.13. The fraction of sp³-hybridized carbons (Fsp3) is 0.490. The molecule has 2 saturated carbocycles. The van der Waals surface area contributed by atoms with Gasteiger partial charge in [0.05, 0.1) is 41.6 Å². The maximum atomic E-state index is 15.1. The van der Waals surface area contributed by atoms with Crippen molar-refractivity contribution in [2.24, 2.45) is 17.3 Å². The van der Waals surface area contributed by atoms with Gasteiger partial charge in [-0.15, -0.1) is 24.5 Å². The fourth-order valence-corrected chi connectivity index (χ4v) is 11.1. The number of ketones is 1. The van der Waals surface area contributed by atoms with Crippen LogP contribution in [-0.4, -0.2) is 71.9 Å². The highest BCUT2D eigenvalue weighted by Crippen LogP contribution is 2.57. The number of Topliss-reactive ketones (excluding diaryl/α,β-unsaturated/α-hetero) is 1. The first kappa shape index (κ1) is 45.2. The number of aryl methyl sites for hydroxylation is 2. The number of nitrogens with zero attached hydrogens (tertiary/aromatic N) is 3. The number of hydrogen-bond donors (Lipinski definition) is 1. The lowest BCUT2D eigenvalue weighted by Crippen LogP contribution is -2.46. The number of allylic oxidation sites excluding steroid dienone is 2. The predicted octanol–water partition coefficient (Wildman–Crippen LogP) is 9.21. The Morgan fingerprint density at radius 2 is 1.79 bits per heavy atom. The van der Waals surface area contributed by atoms with Crippen LogP contribution in [0.3, 0.4) is 0 Å². The standard InChI is InChI=1S/C49H60N4O7S2/c1-8-10-11-12-13-14-34(23-33-17-15-31(5)16-18-33)47(55)53-28-36(24-41(53)42(54)27-49(26-35(49)9-2)48(56)52-62(57,58)37-19-20-37)60-44-25-39(46-51-40(29-61-46)30(3)4)50-45-32(6)43(59-7)22-21-38(44)45/h8-9,15-18,21-22,25,29-30,34-37,41H,1-2,10-14,19-20,23-24,26-28H2,3-7H3,(H,52,56)/t34-,35-,36-,41+,49-/m1/s1. The molecule has 2 aliphatic carbocycles. The minimum absolute atomic E-state index is 0.130. The number of nitrogens with one attached hydrogen (secondary N) is 1. The third-order valence-electron chi connectivity index (χ3n) is 12.9. The molecule has 11 nitrogen and oxygen atoms in total. The summed E-state index contributed by atoms with van der Waals surface area (Å²) in [4.78, 5) is 55.3. The lowest BCUT2D eigenvalue weighted by Gasteiger charge is -2.29. The van der Waals surface area contributed by atoms with E-state index >= 15 is 4.79 Å². The summed E-state index contributed by atoms with van der Waals surface area (Å²) in [6.07, 6.45) is 9.06. The second kappa shape index (κ2) is 18.8. The van der Waals surface area contributed by atoms with Crippen LogP contribution in [0.5, 0.6) is 11.5 Å². The molecule has 1 saturated heterocycles.